The minimum atomic E-state index is 0.290. The topological polar surface area (TPSA) is 0 Å². The fraction of sp³-hybridized carbons (Fsp3) is 0.143. The molecule has 0 atom stereocenters. The van der Waals surface area contributed by atoms with Crippen molar-refractivity contribution >= 4 is 81.2 Å². The molecular formula is C14H7Cl7. The fourth-order valence-corrected chi connectivity index (χ4v) is 3.63. The smallest absolute Gasteiger partial charge is 0.0782 e. The lowest BCUT2D eigenvalue weighted by Gasteiger charge is -2.11. The van der Waals surface area contributed by atoms with Crippen LogP contribution in [0, 0.1) is 0 Å². The predicted octanol–water partition coefficient (Wildman–Crippen LogP) is 8.05. The normalized spacial score (nSPS) is 11.0. The highest BCUT2D eigenvalue weighted by molar-refractivity contribution is 6.49. The zero-order valence-electron chi connectivity index (χ0n) is 10.3. The second-order valence-electron chi connectivity index (χ2n) is 4.30. The Labute approximate surface area is 157 Å². The van der Waals surface area contributed by atoms with Gasteiger partial charge in [-0.25, -0.2) is 0 Å². The first-order valence-electron chi connectivity index (χ1n) is 5.76. The first kappa shape index (κ1) is 17.8. The molecule has 0 amide bonds. The molecule has 0 aliphatic heterocycles. The number of aryl methyl sites for hydroxylation is 1. The van der Waals surface area contributed by atoms with Gasteiger partial charge >= 0.3 is 0 Å². The summed E-state index contributed by atoms with van der Waals surface area (Å²) in [5.41, 5.74) is 1.57. The number of benzene rings is 2. The van der Waals surface area contributed by atoms with Crippen molar-refractivity contribution in [3.05, 3.63) is 64.5 Å². The molecule has 112 valence electrons. The number of rotatable bonds is 3. The Bertz CT molecular complexity index is 694. The minimum absolute atomic E-state index is 0.290. The second kappa shape index (κ2) is 7.36. The zero-order valence-corrected chi connectivity index (χ0v) is 15.6. The summed E-state index contributed by atoms with van der Waals surface area (Å²) in [5.74, 6) is 0. The molecule has 0 N–H and O–H groups in total. The van der Waals surface area contributed by atoms with E-state index in [0.717, 1.165) is 11.1 Å². The van der Waals surface area contributed by atoms with E-state index in [9.17, 15) is 0 Å². The predicted molar refractivity (Wildman–Crippen MR) is 95.4 cm³/mol. The summed E-state index contributed by atoms with van der Waals surface area (Å²) in [7, 11) is 0. The molecule has 0 unspecified atom stereocenters. The largest absolute Gasteiger partial charge is 0.0840 e. The van der Waals surface area contributed by atoms with Gasteiger partial charge in [0.1, 0.15) is 0 Å². The molecule has 0 radical (unpaired) electrons. The van der Waals surface area contributed by atoms with Crippen molar-refractivity contribution in [3.63, 3.8) is 0 Å². The Kier molecular flexibility index (Phi) is 6.24. The maximum Gasteiger partial charge on any atom is 0.0782 e. The van der Waals surface area contributed by atoms with E-state index in [1.807, 2.05) is 0 Å². The van der Waals surface area contributed by atoms with Gasteiger partial charge in [-0.2, -0.15) is 0 Å². The maximum absolute atomic E-state index is 6.19. The molecule has 0 aromatic heterocycles. The maximum atomic E-state index is 6.19. The van der Waals surface area contributed by atoms with Gasteiger partial charge in [-0.05, 0) is 42.2 Å². The fourth-order valence-electron chi connectivity index (χ4n) is 1.85. The molecule has 2 aromatic rings. The van der Waals surface area contributed by atoms with Crippen LogP contribution < -0.4 is 0 Å². The lowest BCUT2D eigenvalue weighted by atomic mass is 10.0. The quantitative estimate of drug-likeness (QED) is 0.346. The molecule has 0 heterocycles. The van der Waals surface area contributed by atoms with Crippen LogP contribution in [0.1, 0.15) is 11.1 Å². The lowest BCUT2D eigenvalue weighted by Crippen LogP contribution is -1.96. The highest BCUT2D eigenvalue weighted by Gasteiger charge is 2.15. The number of hydrogen-bond donors (Lipinski definition) is 0. The molecule has 0 aliphatic rings. The van der Waals surface area contributed by atoms with E-state index in [0.29, 0.717) is 43.0 Å². The van der Waals surface area contributed by atoms with Crippen LogP contribution in [0.25, 0.3) is 0 Å². The van der Waals surface area contributed by atoms with Crippen molar-refractivity contribution in [2.45, 2.75) is 12.8 Å². The van der Waals surface area contributed by atoms with Gasteiger partial charge in [-0.3, -0.25) is 0 Å². The molecule has 2 aromatic carbocycles. The third-order valence-electron chi connectivity index (χ3n) is 2.94. The first-order chi connectivity index (χ1) is 9.81. The van der Waals surface area contributed by atoms with Gasteiger partial charge in [0.05, 0.1) is 25.1 Å². The molecule has 0 nitrogen and oxygen atoms in total. The summed E-state index contributed by atoms with van der Waals surface area (Å²) in [6.07, 6.45) is 1.14. The van der Waals surface area contributed by atoms with Gasteiger partial charge in [0, 0.05) is 10.0 Å². The summed E-state index contributed by atoms with van der Waals surface area (Å²) >= 11 is 42.3. The average Bonchev–Trinajstić information content (AvgIpc) is 2.41. The Hall–Kier alpha value is 0.470. The van der Waals surface area contributed by atoms with Crippen molar-refractivity contribution in [3.8, 4) is 0 Å². The van der Waals surface area contributed by atoms with E-state index in [-0.39, 0.29) is 5.02 Å². The van der Waals surface area contributed by atoms with Crippen LogP contribution in [-0.2, 0) is 12.8 Å². The second-order valence-corrected chi connectivity index (χ2v) is 7.10. The minimum Gasteiger partial charge on any atom is -0.0840 e. The van der Waals surface area contributed by atoms with Crippen LogP contribution >= 0.6 is 81.2 Å². The Morgan fingerprint density at radius 2 is 1.10 bits per heavy atom. The Morgan fingerprint density at radius 3 is 1.76 bits per heavy atom. The highest BCUT2D eigenvalue weighted by Crippen LogP contribution is 2.38. The van der Waals surface area contributed by atoms with Crippen molar-refractivity contribution in [1.29, 1.82) is 0 Å². The third-order valence-corrected chi connectivity index (χ3v) is 5.66. The van der Waals surface area contributed by atoms with Gasteiger partial charge in [0.2, 0.25) is 0 Å². The molecule has 0 bridgehead atoms. The molecule has 21 heavy (non-hydrogen) atoms. The molecule has 0 spiro atoms. The number of halogens is 7. The van der Waals surface area contributed by atoms with Crippen LogP contribution in [0.3, 0.4) is 0 Å². The summed E-state index contributed by atoms with van der Waals surface area (Å²) in [6, 6.07) is 4.91. The van der Waals surface area contributed by atoms with Crippen molar-refractivity contribution in [2.24, 2.45) is 0 Å². The Balaban J connectivity index is 2.29. The van der Waals surface area contributed by atoms with E-state index in [1.165, 1.54) is 0 Å². The van der Waals surface area contributed by atoms with E-state index in [1.54, 1.807) is 18.2 Å². The van der Waals surface area contributed by atoms with Gasteiger partial charge < -0.3 is 0 Å². The van der Waals surface area contributed by atoms with Crippen LogP contribution in [-0.4, -0.2) is 0 Å². The molecule has 0 fully saturated rings. The van der Waals surface area contributed by atoms with Gasteiger partial charge in [-0.1, -0.05) is 81.2 Å². The van der Waals surface area contributed by atoms with Crippen LogP contribution in [0.15, 0.2) is 18.2 Å². The van der Waals surface area contributed by atoms with Crippen LogP contribution in [0.4, 0.5) is 0 Å². The third kappa shape index (κ3) is 4.06. The molecule has 7 heteroatoms. The van der Waals surface area contributed by atoms with Gasteiger partial charge in [0.25, 0.3) is 0 Å². The molecule has 0 saturated heterocycles. The highest BCUT2D eigenvalue weighted by atomic mass is 35.5. The zero-order chi connectivity index (χ0) is 15.7. The summed E-state index contributed by atoms with van der Waals surface area (Å²) < 4.78 is 0. The van der Waals surface area contributed by atoms with E-state index < -0.39 is 0 Å². The molecule has 2 rings (SSSR count). The monoisotopic (exact) mass is 420 g/mol. The van der Waals surface area contributed by atoms with Gasteiger partial charge in [-0.15, -0.1) is 0 Å². The van der Waals surface area contributed by atoms with Crippen molar-refractivity contribution < 1.29 is 0 Å². The number of hydrogen-bond acceptors (Lipinski definition) is 0. The standard InChI is InChI=1S/C14H7Cl7/c15-8-4-11(18)10(17)3-6(8)1-2-7-9(16)5-12(19)14(21)13(7)20/h3-5H,1-2H2. The summed E-state index contributed by atoms with van der Waals surface area (Å²) in [4.78, 5) is 0. The van der Waals surface area contributed by atoms with Gasteiger partial charge in [0.15, 0.2) is 0 Å². The first-order valence-corrected chi connectivity index (χ1v) is 8.41. The lowest BCUT2D eigenvalue weighted by molar-refractivity contribution is 0.961. The van der Waals surface area contributed by atoms with Crippen LogP contribution in [0.5, 0.6) is 0 Å². The van der Waals surface area contributed by atoms with Crippen molar-refractivity contribution in [2.75, 3.05) is 0 Å². The Morgan fingerprint density at radius 1 is 0.524 bits per heavy atom. The van der Waals surface area contributed by atoms with Crippen molar-refractivity contribution in [1.82, 2.24) is 0 Å². The SMILES string of the molecule is Clc1cc(Cl)c(CCc2c(Cl)cc(Cl)c(Cl)c2Cl)cc1Cl. The van der Waals surface area contributed by atoms with Crippen LogP contribution in [0.2, 0.25) is 35.2 Å². The van der Waals surface area contributed by atoms with E-state index >= 15 is 0 Å². The van der Waals surface area contributed by atoms with E-state index in [2.05, 4.69) is 0 Å². The molecule has 0 saturated carbocycles. The van der Waals surface area contributed by atoms with E-state index in [4.69, 9.17) is 81.2 Å². The average molecular weight is 423 g/mol. The summed E-state index contributed by atoms with van der Waals surface area (Å²) in [5, 5.41) is 2.83. The molecular weight excluding hydrogens is 416 g/mol. The molecule has 0 aliphatic carbocycles. The summed E-state index contributed by atoms with van der Waals surface area (Å²) in [6.45, 7) is 0.